The minimum Gasteiger partial charge on any atom is -0.423 e. The second-order valence-electron chi connectivity index (χ2n) is 8.56. The third-order valence-electron chi connectivity index (χ3n) is 5.99. The van der Waals surface area contributed by atoms with Crippen molar-refractivity contribution in [2.24, 2.45) is 5.92 Å². The number of halogens is 1. The van der Waals surface area contributed by atoms with Gasteiger partial charge >= 0.3 is 5.97 Å². The zero-order valence-corrected chi connectivity index (χ0v) is 19.3. The van der Waals surface area contributed by atoms with Crippen LogP contribution in [0.5, 0.6) is 5.75 Å². The van der Waals surface area contributed by atoms with Crippen molar-refractivity contribution < 1.29 is 23.4 Å². The maximum Gasteiger partial charge on any atom is 0.343 e. The molecule has 1 aliphatic heterocycles. The Morgan fingerprint density at radius 3 is 2.31 bits per heavy atom. The lowest BCUT2D eigenvalue weighted by atomic mass is 10.0. The van der Waals surface area contributed by atoms with Gasteiger partial charge in [0, 0.05) is 11.5 Å². The molecule has 2 aromatic rings. The summed E-state index contributed by atoms with van der Waals surface area (Å²) in [6.07, 6.45) is 8.84. The molecule has 0 aromatic heterocycles. The summed E-state index contributed by atoms with van der Waals surface area (Å²) in [5.74, 6) is -0.333. The monoisotopic (exact) mass is 442 g/mol. The van der Waals surface area contributed by atoms with Gasteiger partial charge in [-0.1, -0.05) is 64.2 Å². The lowest BCUT2D eigenvalue weighted by molar-refractivity contribution is -0.206. The van der Waals surface area contributed by atoms with E-state index in [1.165, 1.54) is 56.2 Å². The van der Waals surface area contributed by atoms with Gasteiger partial charge in [0.1, 0.15) is 11.6 Å². The molecule has 0 saturated carbocycles. The lowest BCUT2D eigenvalue weighted by Crippen LogP contribution is -2.27. The highest BCUT2D eigenvalue weighted by Gasteiger charge is 2.25. The summed E-state index contributed by atoms with van der Waals surface area (Å²) in [7, 11) is 0. The number of benzene rings is 2. The quantitative estimate of drug-likeness (QED) is 0.213. The highest BCUT2D eigenvalue weighted by molar-refractivity contribution is 5.91. The first-order chi connectivity index (χ1) is 15.6. The second-order valence-corrected chi connectivity index (χ2v) is 8.56. The Bertz CT molecular complexity index is 841. The van der Waals surface area contributed by atoms with E-state index < -0.39 is 18.1 Å². The average molecular weight is 443 g/mol. The molecule has 4 nitrogen and oxygen atoms in total. The largest absolute Gasteiger partial charge is 0.423 e. The Morgan fingerprint density at radius 2 is 1.66 bits per heavy atom. The normalized spacial score (nSPS) is 18.5. The van der Waals surface area contributed by atoms with Gasteiger partial charge in [0.2, 0.25) is 0 Å². The van der Waals surface area contributed by atoms with E-state index in [0.717, 1.165) is 12.8 Å². The Kier molecular flexibility index (Phi) is 9.69. The summed E-state index contributed by atoms with van der Waals surface area (Å²) in [5.41, 5.74) is 1.69. The summed E-state index contributed by atoms with van der Waals surface area (Å²) >= 11 is 0. The number of esters is 1. The van der Waals surface area contributed by atoms with Crippen molar-refractivity contribution in [3.05, 3.63) is 65.0 Å². The number of rotatable bonds is 11. The molecular formula is C27H35FO4. The van der Waals surface area contributed by atoms with Crippen LogP contribution >= 0.6 is 0 Å². The van der Waals surface area contributed by atoms with Crippen LogP contribution < -0.4 is 4.74 Å². The van der Waals surface area contributed by atoms with E-state index in [0.29, 0.717) is 30.4 Å². The first-order valence-corrected chi connectivity index (χ1v) is 11.9. The SMILES string of the molecule is CCCCCCCCc1ccc(OC(=O)c2ccc(C3OCC(CC)CO3)c(F)c2)cc1. The molecule has 174 valence electrons. The number of carbonyl (C=O) groups is 1. The fraction of sp³-hybridized carbons (Fsp3) is 0.519. The van der Waals surface area contributed by atoms with E-state index in [1.807, 2.05) is 12.1 Å². The van der Waals surface area contributed by atoms with Crippen molar-refractivity contribution in [2.75, 3.05) is 13.2 Å². The van der Waals surface area contributed by atoms with E-state index in [1.54, 1.807) is 18.2 Å². The number of aryl methyl sites for hydroxylation is 1. The highest BCUT2D eigenvalue weighted by atomic mass is 19.1. The first-order valence-electron chi connectivity index (χ1n) is 11.9. The molecule has 0 N–H and O–H groups in total. The molecule has 5 heteroatoms. The van der Waals surface area contributed by atoms with Gasteiger partial charge in [-0.3, -0.25) is 0 Å². The fourth-order valence-electron chi connectivity index (χ4n) is 3.80. The predicted molar refractivity (Wildman–Crippen MR) is 123 cm³/mol. The number of unbranched alkanes of at least 4 members (excludes halogenated alkanes) is 5. The van der Waals surface area contributed by atoms with E-state index >= 15 is 0 Å². The van der Waals surface area contributed by atoms with Crippen molar-refractivity contribution in [1.82, 2.24) is 0 Å². The fourth-order valence-corrected chi connectivity index (χ4v) is 3.80. The average Bonchev–Trinajstić information content (AvgIpc) is 2.82. The van der Waals surface area contributed by atoms with Gasteiger partial charge in [-0.2, -0.15) is 0 Å². The molecule has 0 aliphatic carbocycles. The second kappa shape index (κ2) is 12.7. The number of ether oxygens (including phenoxy) is 3. The Balaban J connectivity index is 1.49. The molecule has 3 rings (SSSR count). The summed E-state index contributed by atoms with van der Waals surface area (Å²) in [4.78, 5) is 12.5. The molecule has 0 radical (unpaired) electrons. The van der Waals surface area contributed by atoms with E-state index in [9.17, 15) is 9.18 Å². The standard InChI is InChI=1S/C27H35FO4/c1-3-5-6-7-8-9-10-21-11-14-23(15-12-21)32-26(29)22-13-16-24(25(28)17-22)27-30-18-20(4-2)19-31-27/h11-17,20,27H,3-10,18-19H2,1-2H3. The molecule has 32 heavy (non-hydrogen) atoms. The summed E-state index contributed by atoms with van der Waals surface area (Å²) < 4.78 is 31.3. The van der Waals surface area contributed by atoms with Crippen LogP contribution in [0.4, 0.5) is 4.39 Å². The number of carbonyl (C=O) groups excluding carboxylic acids is 1. The van der Waals surface area contributed by atoms with Gasteiger partial charge in [0.25, 0.3) is 0 Å². The third kappa shape index (κ3) is 7.14. The van der Waals surface area contributed by atoms with Crippen LogP contribution in [-0.2, 0) is 15.9 Å². The van der Waals surface area contributed by atoms with Crippen molar-refractivity contribution >= 4 is 5.97 Å². The van der Waals surface area contributed by atoms with Crippen LogP contribution in [0.3, 0.4) is 0 Å². The van der Waals surface area contributed by atoms with Crippen LogP contribution in [0.1, 0.15) is 86.6 Å². The molecule has 1 saturated heterocycles. The van der Waals surface area contributed by atoms with Gasteiger partial charge in [-0.15, -0.1) is 0 Å². The lowest BCUT2D eigenvalue weighted by Gasteiger charge is -2.29. The van der Waals surface area contributed by atoms with E-state index in [4.69, 9.17) is 14.2 Å². The molecule has 1 aliphatic rings. The molecule has 1 heterocycles. The topological polar surface area (TPSA) is 44.8 Å². The summed E-state index contributed by atoms with van der Waals surface area (Å²) in [6.45, 7) is 5.38. The minimum absolute atomic E-state index is 0.157. The van der Waals surface area contributed by atoms with Crippen LogP contribution in [0.25, 0.3) is 0 Å². The molecular weight excluding hydrogens is 407 g/mol. The number of hydrogen-bond acceptors (Lipinski definition) is 4. The first kappa shape index (κ1) is 24.4. The van der Waals surface area contributed by atoms with Crippen LogP contribution in [0, 0.1) is 11.7 Å². The van der Waals surface area contributed by atoms with Gasteiger partial charge in [0.05, 0.1) is 18.8 Å². The molecule has 2 aromatic carbocycles. The van der Waals surface area contributed by atoms with Gasteiger partial charge in [0.15, 0.2) is 6.29 Å². The van der Waals surface area contributed by atoms with E-state index in [-0.39, 0.29) is 5.56 Å². The Labute approximate surface area is 191 Å². The maximum absolute atomic E-state index is 14.6. The van der Waals surface area contributed by atoms with E-state index in [2.05, 4.69) is 13.8 Å². The Hall–Kier alpha value is -2.24. The Morgan fingerprint density at radius 1 is 0.969 bits per heavy atom. The van der Waals surface area contributed by atoms with Crippen LogP contribution in [0.2, 0.25) is 0 Å². The molecule has 0 spiro atoms. The predicted octanol–water partition coefficient (Wildman–Crippen LogP) is 7.02. The zero-order valence-electron chi connectivity index (χ0n) is 19.3. The number of hydrogen-bond donors (Lipinski definition) is 0. The van der Waals surface area contributed by atoms with Gasteiger partial charge in [-0.25, -0.2) is 9.18 Å². The highest BCUT2D eigenvalue weighted by Crippen LogP contribution is 2.28. The smallest absolute Gasteiger partial charge is 0.343 e. The van der Waals surface area contributed by atoms with Crippen molar-refractivity contribution in [3.8, 4) is 5.75 Å². The zero-order chi connectivity index (χ0) is 22.8. The van der Waals surface area contributed by atoms with Crippen molar-refractivity contribution in [3.63, 3.8) is 0 Å². The van der Waals surface area contributed by atoms with Gasteiger partial charge in [-0.05, 0) is 49.1 Å². The maximum atomic E-state index is 14.6. The molecule has 1 fully saturated rings. The molecule has 0 atom stereocenters. The minimum atomic E-state index is -0.734. The third-order valence-corrected chi connectivity index (χ3v) is 5.99. The molecule has 0 amide bonds. The van der Waals surface area contributed by atoms with Crippen LogP contribution in [-0.4, -0.2) is 19.2 Å². The molecule has 0 bridgehead atoms. The van der Waals surface area contributed by atoms with Gasteiger partial charge < -0.3 is 14.2 Å². The summed E-state index contributed by atoms with van der Waals surface area (Å²) in [5, 5.41) is 0. The van der Waals surface area contributed by atoms with Crippen molar-refractivity contribution in [2.45, 2.75) is 71.5 Å². The van der Waals surface area contributed by atoms with Crippen molar-refractivity contribution in [1.29, 1.82) is 0 Å². The summed E-state index contributed by atoms with van der Waals surface area (Å²) in [6, 6.07) is 11.8. The molecule has 0 unspecified atom stereocenters. The van der Waals surface area contributed by atoms with Crippen LogP contribution in [0.15, 0.2) is 42.5 Å².